The number of aliphatic carboxylic acids is 1. The zero-order chi connectivity index (χ0) is 14.8. The average Bonchev–Trinajstić information content (AvgIpc) is 2.41. The third-order valence-corrected chi connectivity index (χ3v) is 3.96. The molecule has 0 aromatic heterocycles. The average molecular weight is 295 g/mol. The largest absolute Gasteiger partial charge is 0.480 e. The minimum atomic E-state index is -0.997. The van der Waals surface area contributed by atoms with Crippen LogP contribution in [0.5, 0.6) is 0 Å². The van der Waals surface area contributed by atoms with Crippen molar-refractivity contribution < 1.29 is 19.4 Å². The van der Waals surface area contributed by atoms with Gasteiger partial charge in [0.1, 0.15) is 12.2 Å². The van der Waals surface area contributed by atoms with Crippen molar-refractivity contribution in [2.24, 2.45) is 0 Å². The van der Waals surface area contributed by atoms with E-state index in [0.29, 0.717) is 18.7 Å². The molecule has 1 fully saturated rings. The van der Waals surface area contributed by atoms with E-state index in [1.54, 1.807) is 16.7 Å². The van der Waals surface area contributed by atoms with Gasteiger partial charge in [-0.2, -0.15) is 0 Å². The van der Waals surface area contributed by atoms with E-state index in [1.807, 2.05) is 37.4 Å². The molecule has 1 aromatic rings. The highest BCUT2D eigenvalue weighted by atomic mass is 32.2. The molecule has 1 aliphatic heterocycles. The predicted molar refractivity (Wildman–Crippen MR) is 76.1 cm³/mol. The minimum absolute atomic E-state index is 0.0472. The molecule has 1 amide bonds. The number of benzene rings is 1. The first-order valence-electron chi connectivity index (χ1n) is 6.23. The zero-order valence-corrected chi connectivity index (χ0v) is 12.3. The molecule has 0 radical (unpaired) electrons. The van der Waals surface area contributed by atoms with Gasteiger partial charge in [0.05, 0.1) is 13.1 Å². The quantitative estimate of drug-likeness (QED) is 0.838. The number of carbonyl (C=O) groups is 2. The standard InChI is InChI=1S/C14H17NO4S/c1-14(19-7-12(16)17)8-15(9-14)13(18)10-3-5-11(20-2)6-4-10/h3-6H,7-9H2,1-2H3,(H,16,17). The summed E-state index contributed by atoms with van der Waals surface area (Å²) in [6.45, 7) is 2.32. The van der Waals surface area contributed by atoms with Crippen LogP contribution in [0.1, 0.15) is 17.3 Å². The highest BCUT2D eigenvalue weighted by molar-refractivity contribution is 7.98. The first kappa shape index (κ1) is 14.9. The molecule has 6 heteroatoms. The maximum atomic E-state index is 12.2. The van der Waals surface area contributed by atoms with Crippen LogP contribution in [-0.4, -0.2) is 53.4 Å². The number of amides is 1. The van der Waals surface area contributed by atoms with Crippen molar-refractivity contribution in [2.45, 2.75) is 17.4 Å². The fourth-order valence-corrected chi connectivity index (χ4v) is 2.56. The van der Waals surface area contributed by atoms with Crippen molar-refractivity contribution in [3.05, 3.63) is 29.8 Å². The van der Waals surface area contributed by atoms with Crippen LogP contribution >= 0.6 is 11.8 Å². The monoisotopic (exact) mass is 295 g/mol. The van der Waals surface area contributed by atoms with Gasteiger partial charge in [-0.3, -0.25) is 4.79 Å². The van der Waals surface area contributed by atoms with Gasteiger partial charge in [-0.05, 0) is 37.4 Å². The van der Waals surface area contributed by atoms with Gasteiger partial charge in [0.25, 0.3) is 5.91 Å². The van der Waals surface area contributed by atoms with Crippen LogP contribution in [0.4, 0.5) is 0 Å². The molecule has 0 atom stereocenters. The van der Waals surface area contributed by atoms with Crippen LogP contribution in [0.3, 0.4) is 0 Å². The Morgan fingerprint density at radius 1 is 1.35 bits per heavy atom. The van der Waals surface area contributed by atoms with Crippen LogP contribution in [0.2, 0.25) is 0 Å². The minimum Gasteiger partial charge on any atom is -0.480 e. The van der Waals surface area contributed by atoms with Crippen LogP contribution < -0.4 is 0 Å². The topological polar surface area (TPSA) is 66.8 Å². The Kier molecular flexibility index (Phi) is 4.35. The molecular formula is C14H17NO4S. The number of nitrogens with zero attached hydrogens (tertiary/aromatic N) is 1. The Morgan fingerprint density at radius 2 is 1.95 bits per heavy atom. The van der Waals surface area contributed by atoms with E-state index in [9.17, 15) is 9.59 Å². The number of hydrogen-bond acceptors (Lipinski definition) is 4. The SMILES string of the molecule is CSc1ccc(C(=O)N2CC(C)(OCC(=O)O)C2)cc1. The second-order valence-corrected chi connectivity index (χ2v) is 5.90. The Balaban J connectivity index is 1.91. The molecule has 20 heavy (non-hydrogen) atoms. The summed E-state index contributed by atoms with van der Waals surface area (Å²) in [7, 11) is 0. The van der Waals surface area contributed by atoms with Crippen LogP contribution in [0.25, 0.3) is 0 Å². The third-order valence-electron chi connectivity index (χ3n) is 3.22. The fourth-order valence-electron chi connectivity index (χ4n) is 2.15. The maximum Gasteiger partial charge on any atom is 0.329 e. The first-order valence-corrected chi connectivity index (χ1v) is 7.45. The molecular weight excluding hydrogens is 278 g/mol. The number of ether oxygens (including phenoxy) is 1. The van der Waals surface area contributed by atoms with Crippen molar-refractivity contribution >= 4 is 23.6 Å². The number of hydrogen-bond donors (Lipinski definition) is 1. The molecule has 108 valence electrons. The molecule has 1 heterocycles. The summed E-state index contributed by atoms with van der Waals surface area (Å²) in [5, 5.41) is 8.59. The van der Waals surface area contributed by atoms with Crippen molar-refractivity contribution in [2.75, 3.05) is 26.0 Å². The van der Waals surface area contributed by atoms with Gasteiger partial charge in [-0.25, -0.2) is 4.79 Å². The van der Waals surface area contributed by atoms with Gasteiger partial charge in [-0.15, -0.1) is 11.8 Å². The van der Waals surface area contributed by atoms with E-state index in [0.717, 1.165) is 4.90 Å². The Hall–Kier alpha value is -1.53. The second-order valence-electron chi connectivity index (χ2n) is 5.02. The van der Waals surface area contributed by atoms with E-state index in [1.165, 1.54) is 0 Å². The second kappa shape index (κ2) is 5.85. The Bertz CT molecular complexity index is 508. The summed E-state index contributed by atoms with van der Waals surface area (Å²) in [6.07, 6.45) is 1.98. The zero-order valence-electron chi connectivity index (χ0n) is 11.5. The molecule has 2 rings (SSSR count). The van der Waals surface area contributed by atoms with Gasteiger partial charge in [0.2, 0.25) is 0 Å². The van der Waals surface area contributed by atoms with Gasteiger partial charge < -0.3 is 14.7 Å². The van der Waals surface area contributed by atoms with Crippen molar-refractivity contribution in [3.8, 4) is 0 Å². The van der Waals surface area contributed by atoms with Crippen LogP contribution in [-0.2, 0) is 9.53 Å². The van der Waals surface area contributed by atoms with E-state index >= 15 is 0 Å². The summed E-state index contributed by atoms with van der Waals surface area (Å²) in [5.41, 5.74) is 0.0934. The summed E-state index contributed by atoms with van der Waals surface area (Å²) in [6, 6.07) is 7.44. The Morgan fingerprint density at radius 3 is 2.45 bits per heavy atom. The highest BCUT2D eigenvalue weighted by Crippen LogP contribution is 2.26. The lowest BCUT2D eigenvalue weighted by Gasteiger charge is -2.47. The van der Waals surface area contributed by atoms with Crippen molar-refractivity contribution in [1.29, 1.82) is 0 Å². The molecule has 1 saturated heterocycles. The van der Waals surface area contributed by atoms with Crippen molar-refractivity contribution in [3.63, 3.8) is 0 Å². The van der Waals surface area contributed by atoms with Gasteiger partial charge >= 0.3 is 5.97 Å². The van der Waals surface area contributed by atoms with E-state index in [-0.39, 0.29) is 12.5 Å². The first-order chi connectivity index (χ1) is 9.43. The number of carbonyl (C=O) groups excluding carboxylic acids is 1. The summed E-state index contributed by atoms with van der Waals surface area (Å²) in [4.78, 5) is 25.4. The number of carboxylic acids is 1. The molecule has 0 bridgehead atoms. The predicted octanol–water partition coefficient (Wildman–Crippen LogP) is 1.72. The normalized spacial score (nSPS) is 16.6. The molecule has 1 aromatic carbocycles. The summed E-state index contributed by atoms with van der Waals surface area (Å²) >= 11 is 1.63. The lowest BCUT2D eigenvalue weighted by Crippen LogP contribution is -2.63. The smallest absolute Gasteiger partial charge is 0.329 e. The maximum absolute atomic E-state index is 12.2. The van der Waals surface area contributed by atoms with E-state index in [4.69, 9.17) is 9.84 Å². The van der Waals surface area contributed by atoms with E-state index in [2.05, 4.69) is 0 Å². The number of likely N-dealkylation sites (tertiary alicyclic amines) is 1. The summed E-state index contributed by atoms with van der Waals surface area (Å²) in [5.74, 6) is -1.04. The Labute approximate surface area is 121 Å². The molecule has 0 spiro atoms. The van der Waals surface area contributed by atoms with Crippen LogP contribution in [0.15, 0.2) is 29.2 Å². The molecule has 1 aliphatic rings. The van der Waals surface area contributed by atoms with E-state index < -0.39 is 11.6 Å². The molecule has 0 saturated carbocycles. The lowest BCUT2D eigenvalue weighted by molar-refractivity contribution is -0.159. The van der Waals surface area contributed by atoms with Gasteiger partial charge in [0.15, 0.2) is 0 Å². The molecule has 0 unspecified atom stereocenters. The third kappa shape index (κ3) is 3.32. The summed E-state index contributed by atoms with van der Waals surface area (Å²) < 4.78 is 5.28. The fraction of sp³-hybridized carbons (Fsp3) is 0.429. The van der Waals surface area contributed by atoms with Gasteiger partial charge in [0, 0.05) is 10.5 Å². The van der Waals surface area contributed by atoms with Gasteiger partial charge in [-0.1, -0.05) is 0 Å². The lowest BCUT2D eigenvalue weighted by atomic mass is 9.95. The number of thioether (sulfide) groups is 1. The van der Waals surface area contributed by atoms with Crippen molar-refractivity contribution in [1.82, 2.24) is 4.90 Å². The molecule has 5 nitrogen and oxygen atoms in total. The molecule has 0 aliphatic carbocycles. The highest BCUT2D eigenvalue weighted by Gasteiger charge is 2.42. The van der Waals surface area contributed by atoms with Crippen LogP contribution in [0, 0.1) is 0 Å². The molecule has 1 N–H and O–H groups in total. The number of rotatable bonds is 5. The number of carboxylic acid groups (broad SMARTS) is 1.